The third-order valence-electron chi connectivity index (χ3n) is 3.26. The molecule has 2 aromatic carbocycles. The minimum Gasteiger partial charge on any atom is -0.497 e. The van der Waals surface area contributed by atoms with Gasteiger partial charge in [-0.05, 0) is 35.4 Å². The number of methoxy groups -OCH3 is 1. The van der Waals surface area contributed by atoms with E-state index in [1.165, 1.54) is 18.1 Å². The number of hydrogen-bond donors (Lipinski definition) is 0. The number of benzene rings is 2. The van der Waals surface area contributed by atoms with Gasteiger partial charge in [-0.25, -0.2) is 0 Å². The molecule has 0 spiro atoms. The highest BCUT2D eigenvalue weighted by molar-refractivity contribution is 5.69. The largest absolute Gasteiger partial charge is 0.497 e. The van der Waals surface area contributed by atoms with E-state index in [0.717, 1.165) is 5.75 Å². The molecule has 132 valence electrons. The van der Waals surface area contributed by atoms with Crippen molar-refractivity contribution in [3.8, 4) is 11.5 Å². The topological polar surface area (TPSA) is 35.5 Å². The molecule has 24 heavy (non-hydrogen) atoms. The highest BCUT2D eigenvalue weighted by Gasteiger charge is 2.09. The average molecular weight is 330 g/mol. The van der Waals surface area contributed by atoms with Crippen LogP contribution in [0.15, 0.2) is 48.5 Å². The predicted molar refractivity (Wildman–Crippen MR) is 101 cm³/mol. The average Bonchev–Trinajstić information content (AvgIpc) is 2.65. The zero-order chi connectivity index (χ0) is 18.5. The standard InChI is InChI=1S/C17H18O3.2C2H6/c1-12(14-4-8-16(19-3)9-5-14)15-6-10-17(11-7-15)20-13(2)18;2*1-2/h4-12H,1-3H3;2*1-2H3. The van der Waals surface area contributed by atoms with Gasteiger partial charge in [0.15, 0.2) is 0 Å². The Morgan fingerprint density at radius 3 is 1.50 bits per heavy atom. The Bertz CT molecular complexity index is 571. The number of esters is 1. The smallest absolute Gasteiger partial charge is 0.308 e. The maximum atomic E-state index is 10.9. The highest BCUT2D eigenvalue weighted by Crippen LogP contribution is 2.27. The summed E-state index contributed by atoms with van der Waals surface area (Å²) in [5.41, 5.74) is 2.39. The van der Waals surface area contributed by atoms with E-state index in [2.05, 4.69) is 19.1 Å². The molecule has 0 saturated heterocycles. The summed E-state index contributed by atoms with van der Waals surface area (Å²) in [5, 5.41) is 0. The lowest BCUT2D eigenvalue weighted by molar-refractivity contribution is -0.131. The monoisotopic (exact) mass is 330 g/mol. The molecule has 0 fully saturated rings. The summed E-state index contributed by atoms with van der Waals surface area (Å²) >= 11 is 0. The van der Waals surface area contributed by atoms with E-state index in [4.69, 9.17) is 9.47 Å². The molecule has 0 heterocycles. The van der Waals surface area contributed by atoms with Gasteiger partial charge >= 0.3 is 5.97 Å². The van der Waals surface area contributed by atoms with Crippen molar-refractivity contribution in [3.63, 3.8) is 0 Å². The highest BCUT2D eigenvalue weighted by atomic mass is 16.5. The van der Waals surface area contributed by atoms with Gasteiger partial charge in [0.1, 0.15) is 11.5 Å². The Labute approximate surface area is 146 Å². The number of rotatable bonds is 4. The second kappa shape index (κ2) is 12.2. The summed E-state index contributed by atoms with van der Waals surface area (Å²) in [6, 6.07) is 15.6. The molecule has 0 aliphatic heterocycles. The van der Waals surface area contributed by atoms with E-state index in [0.29, 0.717) is 5.75 Å². The van der Waals surface area contributed by atoms with Crippen LogP contribution in [-0.4, -0.2) is 13.1 Å². The minimum atomic E-state index is -0.305. The van der Waals surface area contributed by atoms with Crippen LogP contribution >= 0.6 is 0 Å². The van der Waals surface area contributed by atoms with Crippen LogP contribution in [0.3, 0.4) is 0 Å². The van der Waals surface area contributed by atoms with Crippen LogP contribution < -0.4 is 9.47 Å². The zero-order valence-electron chi connectivity index (χ0n) is 15.9. The van der Waals surface area contributed by atoms with Crippen molar-refractivity contribution in [1.29, 1.82) is 0 Å². The first-order chi connectivity index (χ1) is 11.6. The quantitative estimate of drug-likeness (QED) is 0.523. The molecule has 0 aliphatic rings. The first kappa shape index (κ1) is 21.7. The third kappa shape index (κ3) is 6.86. The van der Waals surface area contributed by atoms with Gasteiger partial charge in [0, 0.05) is 12.8 Å². The Hall–Kier alpha value is -2.29. The lowest BCUT2D eigenvalue weighted by Crippen LogP contribution is -2.02. The molecule has 0 N–H and O–H groups in total. The summed E-state index contributed by atoms with van der Waals surface area (Å²) in [7, 11) is 1.66. The molecule has 2 rings (SSSR count). The van der Waals surface area contributed by atoms with E-state index in [-0.39, 0.29) is 11.9 Å². The Kier molecular flexibility index (Phi) is 11.0. The molecule has 0 radical (unpaired) electrons. The summed E-state index contributed by atoms with van der Waals surface area (Å²) in [6.45, 7) is 11.5. The summed E-state index contributed by atoms with van der Waals surface area (Å²) in [6.07, 6.45) is 0. The van der Waals surface area contributed by atoms with Crippen LogP contribution in [0, 0.1) is 0 Å². The van der Waals surface area contributed by atoms with Crippen molar-refractivity contribution in [2.45, 2.75) is 47.5 Å². The van der Waals surface area contributed by atoms with Crippen LogP contribution in [0.1, 0.15) is 58.6 Å². The number of carbonyl (C=O) groups excluding carboxylic acids is 1. The molecule has 3 heteroatoms. The molecule has 0 aromatic heterocycles. The molecule has 0 amide bonds. The van der Waals surface area contributed by atoms with Gasteiger partial charge in [-0.15, -0.1) is 0 Å². The van der Waals surface area contributed by atoms with Gasteiger partial charge in [0.05, 0.1) is 7.11 Å². The first-order valence-corrected chi connectivity index (χ1v) is 8.52. The van der Waals surface area contributed by atoms with Crippen molar-refractivity contribution < 1.29 is 14.3 Å². The van der Waals surface area contributed by atoms with E-state index in [9.17, 15) is 4.79 Å². The summed E-state index contributed by atoms with van der Waals surface area (Å²) in [4.78, 5) is 10.9. The Morgan fingerprint density at radius 1 is 0.792 bits per heavy atom. The third-order valence-corrected chi connectivity index (χ3v) is 3.26. The van der Waals surface area contributed by atoms with Crippen LogP contribution in [0.2, 0.25) is 0 Å². The van der Waals surface area contributed by atoms with Gasteiger partial charge < -0.3 is 9.47 Å². The first-order valence-electron chi connectivity index (χ1n) is 8.52. The minimum absolute atomic E-state index is 0.271. The van der Waals surface area contributed by atoms with E-state index in [1.807, 2.05) is 64.1 Å². The fourth-order valence-corrected chi connectivity index (χ4v) is 2.08. The maximum Gasteiger partial charge on any atom is 0.308 e. The molecule has 0 aliphatic carbocycles. The van der Waals surface area contributed by atoms with Gasteiger partial charge in [0.25, 0.3) is 0 Å². The van der Waals surface area contributed by atoms with Crippen molar-refractivity contribution >= 4 is 5.97 Å². The Balaban J connectivity index is 0.00000123. The fourth-order valence-electron chi connectivity index (χ4n) is 2.08. The van der Waals surface area contributed by atoms with Crippen LogP contribution in [0.4, 0.5) is 0 Å². The van der Waals surface area contributed by atoms with Crippen molar-refractivity contribution in [2.75, 3.05) is 7.11 Å². The second-order valence-electron chi connectivity index (χ2n) is 4.66. The zero-order valence-corrected chi connectivity index (χ0v) is 15.9. The van der Waals surface area contributed by atoms with Crippen molar-refractivity contribution in [2.24, 2.45) is 0 Å². The lowest BCUT2D eigenvalue weighted by atomic mass is 9.93. The summed E-state index contributed by atoms with van der Waals surface area (Å²) in [5.74, 6) is 1.39. The molecular weight excluding hydrogens is 300 g/mol. The Morgan fingerprint density at radius 2 is 1.17 bits per heavy atom. The predicted octanol–water partition coefficient (Wildman–Crippen LogP) is 5.82. The molecular formula is C21H30O3. The molecule has 2 aromatic rings. The van der Waals surface area contributed by atoms with Crippen LogP contribution in [0.25, 0.3) is 0 Å². The normalized spacial score (nSPS) is 10.3. The number of ether oxygens (including phenoxy) is 2. The van der Waals surface area contributed by atoms with Gasteiger partial charge in [-0.2, -0.15) is 0 Å². The SMILES string of the molecule is CC.CC.COc1ccc(C(C)c2ccc(OC(C)=O)cc2)cc1. The maximum absolute atomic E-state index is 10.9. The fraction of sp³-hybridized carbons (Fsp3) is 0.381. The molecule has 1 atom stereocenters. The van der Waals surface area contributed by atoms with Gasteiger partial charge in [0.2, 0.25) is 0 Å². The van der Waals surface area contributed by atoms with Crippen molar-refractivity contribution in [3.05, 3.63) is 59.7 Å². The molecule has 3 nitrogen and oxygen atoms in total. The molecule has 0 saturated carbocycles. The van der Waals surface area contributed by atoms with E-state index in [1.54, 1.807) is 7.11 Å². The molecule has 0 bridgehead atoms. The van der Waals surface area contributed by atoms with Gasteiger partial charge in [-0.3, -0.25) is 4.79 Å². The summed E-state index contributed by atoms with van der Waals surface area (Å²) < 4.78 is 10.2. The number of carbonyl (C=O) groups is 1. The molecule has 1 unspecified atom stereocenters. The van der Waals surface area contributed by atoms with Crippen LogP contribution in [0.5, 0.6) is 11.5 Å². The van der Waals surface area contributed by atoms with E-state index >= 15 is 0 Å². The second-order valence-corrected chi connectivity index (χ2v) is 4.66. The lowest BCUT2D eigenvalue weighted by Gasteiger charge is -2.13. The van der Waals surface area contributed by atoms with Crippen LogP contribution in [-0.2, 0) is 4.79 Å². The van der Waals surface area contributed by atoms with Crippen molar-refractivity contribution in [1.82, 2.24) is 0 Å². The van der Waals surface area contributed by atoms with E-state index < -0.39 is 0 Å². The number of hydrogen-bond acceptors (Lipinski definition) is 3. The van der Waals surface area contributed by atoms with Gasteiger partial charge in [-0.1, -0.05) is 58.9 Å².